The smallest absolute Gasteiger partial charge is 0.0347 e. The van der Waals surface area contributed by atoms with E-state index in [0.29, 0.717) is 0 Å². The number of likely N-dealkylation sites (tertiary alicyclic amines) is 1. The molecule has 2 N–H and O–H groups in total. The van der Waals surface area contributed by atoms with Gasteiger partial charge in [-0.15, -0.1) is 0 Å². The molecule has 2 heteroatoms. The molecule has 0 aliphatic carbocycles. The second-order valence-electron chi connectivity index (χ2n) is 5.54. The minimum atomic E-state index is 0.821. The van der Waals surface area contributed by atoms with E-state index in [9.17, 15) is 0 Å². The zero-order chi connectivity index (χ0) is 12.3. The molecule has 1 aromatic rings. The predicted octanol–water partition coefficient (Wildman–Crippen LogP) is 2.79. The van der Waals surface area contributed by atoms with Crippen LogP contribution in [0.4, 0.5) is 5.69 Å². The van der Waals surface area contributed by atoms with Crippen LogP contribution in [0.5, 0.6) is 0 Å². The van der Waals surface area contributed by atoms with E-state index in [1.165, 1.54) is 25.1 Å². The Kier molecular flexibility index (Phi) is 4.06. The van der Waals surface area contributed by atoms with Gasteiger partial charge in [0.2, 0.25) is 0 Å². The van der Waals surface area contributed by atoms with E-state index in [0.717, 1.165) is 30.5 Å². The Morgan fingerprint density at radius 1 is 1.35 bits per heavy atom. The van der Waals surface area contributed by atoms with Crippen LogP contribution in [0.3, 0.4) is 0 Å². The van der Waals surface area contributed by atoms with E-state index < -0.39 is 0 Å². The highest BCUT2D eigenvalue weighted by Crippen LogP contribution is 2.24. The van der Waals surface area contributed by atoms with Crippen molar-refractivity contribution in [3.05, 3.63) is 29.8 Å². The van der Waals surface area contributed by atoms with Gasteiger partial charge < -0.3 is 10.6 Å². The molecule has 2 rings (SSSR count). The SMILES string of the molecule is CC(C)C1CCN(CCc2ccccc2N)C1. The van der Waals surface area contributed by atoms with E-state index in [-0.39, 0.29) is 0 Å². The third-order valence-corrected chi connectivity index (χ3v) is 4.00. The first kappa shape index (κ1) is 12.4. The number of nitrogens with zero attached hydrogens (tertiary/aromatic N) is 1. The van der Waals surface area contributed by atoms with Crippen LogP contribution in [0, 0.1) is 11.8 Å². The summed E-state index contributed by atoms with van der Waals surface area (Å²) >= 11 is 0. The van der Waals surface area contributed by atoms with Gasteiger partial charge in [0.25, 0.3) is 0 Å². The highest BCUT2D eigenvalue weighted by atomic mass is 15.1. The molecule has 1 aliphatic rings. The molecule has 1 aromatic carbocycles. The van der Waals surface area contributed by atoms with Crippen LogP contribution in [-0.2, 0) is 6.42 Å². The van der Waals surface area contributed by atoms with Gasteiger partial charge in [-0.1, -0.05) is 32.0 Å². The van der Waals surface area contributed by atoms with E-state index >= 15 is 0 Å². The van der Waals surface area contributed by atoms with Crippen molar-refractivity contribution in [2.75, 3.05) is 25.4 Å². The van der Waals surface area contributed by atoms with Crippen LogP contribution in [0.2, 0.25) is 0 Å². The third kappa shape index (κ3) is 3.22. The summed E-state index contributed by atoms with van der Waals surface area (Å²) in [5.41, 5.74) is 8.19. The maximum absolute atomic E-state index is 5.96. The molecule has 1 unspecified atom stereocenters. The van der Waals surface area contributed by atoms with Crippen molar-refractivity contribution in [3.8, 4) is 0 Å². The van der Waals surface area contributed by atoms with Gasteiger partial charge in [0.15, 0.2) is 0 Å². The number of hydrogen-bond acceptors (Lipinski definition) is 2. The predicted molar refractivity (Wildman–Crippen MR) is 73.9 cm³/mol. The number of para-hydroxylation sites is 1. The second-order valence-corrected chi connectivity index (χ2v) is 5.54. The summed E-state index contributed by atoms with van der Waals surface area (Å²) in [6.45, 7) is 8.35. The highest BCUT2D eigenvalue weighted by molar-refractivity contribution is 5.46. The minimum absolute atomic E-state index is 0.821. The summed E-state index contributed by atoms with van der Waals surface area (Å²) in [4.78, 5) is 2.58. The quantitative estimate of drug-likeness (QED) is 0.809. The van der Waals surface area contributed by atoms with Crippen molar-refractivity contribution in [1.82, 2.24) is 4.90 Å². The number of nitrogens with two attached hydrogens (primary N) is 1. The lowest BCUT2D eigenvalue weighted by molar-refractivity contribution is 0.307. The van der Waals surface area contributed by atoms with Gasteiger partial charge in [0.05, 0.1) is 0 Å². The molecule has 1 heterocycles. The monoisotopic (exact) mass is 232 g/mol. The van der Waals surface area contributed by atoms with Crippen molar-refractivity contribution >= 4 is 5.69 Å². The maximum Gasteiger partial charge on any atom is 0.0347 e. The van der Waals surface area contributed by atoms with Gasteiger partial charge >= 0.3 is 0 Å². The van der Waals surface area contributed by atoms with Crippen molar-refractivity contribution in [3.63, 3.8) is 0 Å². The molecule has 1 atom stereocenters. The molecular formula is C15H24N2. The Morgan fingerprint density at radius 2 is 2.12 bits per heavy atom. The Balaban J connectivity index is 1.82. The molecule has 1 fully saturated rings. The number of benzene rings is 1. The maximum atomic E-state index is 5.96. The second kappa shape index (κ2) is 5.54. The van der Waals surface area contributed by atoms with Crippen molar-refractivity contribution in [2.45, 2.75) is 26.7 Å². The fraction of sp³-hybridized carbons (Fsp3) is 0.600. The fourth-order valence-corrected chi connectivity index (χ4v) is 2.65. The number of hydrogen-bond donors (Lipinski definition) is 1. The van der Waals surface area contributed by atoms with Gasteiger partial charge in [-0.25, -0.2) is 0 Å². The molecule has 0 bridgehead atoms. The fourth-order valence-electron chi connectivity index (χ4n) is 2.65. The molecule has 2 nitrogen and oxygen atoms in total. The van der Waals surface area contributed by atoms with Crippen LogP contribution in [0.1, 0.15) is 25.8 Å². The van der Waals surface area contributed by atoms with Crippen molar-refractivity contribution in [2.24, 2.45) is 11.8 Å². The van der Waals surface area contributed by atoms with Gasteiger partial charge in [0.1, 0.15) is 0 Å². The van der Waals surface area contributed by atoms with E-state index in [1.54, 1.807) is 0 Å². The topological polar surface area (TPSA) is 29.3 Å². The lowest BCUT2D eigenvalue weighted by Crippen LogP contribution is -2.24. The first-order valence-corrected chi connectivity index (χ1v) is 6.72. The van der Waals surface area contributed by atoms with E-state index in [2.05, 4.69) is 30.9 Å². The molecule has 0 aromatic heterocycles. The molecule has 1 saturated heterocycles. The Bertz CT molecular complexity index is 360. The van der Waals surface area contributed by atoms with Crippen molar-refractivity contribution in [1.29, 1.82) is 0 Å². The summed E-state index contributed by atoms with van der Waals surface area (Å²) in [5.74, 6) is 1.71. The van der Waals surface area contributed by atoms with Gasteiger partial charge in [-0.2, -0.15) is 0 Å². The Hall–Kier alpha value is -1.02. The number of anilines is 1. The zero-order valence-electron chi connectivity index (χ0n) is 11.0. The molecule has 0 spiro atoms. The number of nitrogen functional groups attached to an aromatic ring is 1. The zero-order valence-corrected chi connectivity index (χ0v) is 11.0. The summed E-state index contributed by atoms with van der Waals surface area (Å²) in [6.07, 6.45) is 2.44. The molecule has 0 radical (unpaired) electrons. The highest BCUT2D eigenvalue weighted by Gasteiger charge is 2.24. The third-order valence-electron chi connectivity index (χ3n) is 4.00. The largest absolute Gasteiger partial charge is 0.399 e. The van der Waals surface area contributed by atoms with Crippen LogP contribution in [0.15, 0.2) is 24.3 Å². The lowest BCUT2D eigenvalue weighted by atomic mass is 9.95. The van der Waals surface area contributed by atoms with E-state index in [4.69, 9.17) is 5.73 Å². The summed E-state index contributed by atoms with van der Waals surface area (Å²) in [7, 11) is 0. The van der Waals surface area contributed by atoms with Crippen LogP contribution in [0.25, 0.3) is 0 Å². The molecule has 0 amide bonds. The lowest BCUT2D eigenvalue weighted by Gasteiger charge is -2.18. The molecular weight excluding hydrogens is 208 g/mol. The van der Waals surface area contributed by atoms with Crippen LogP contribution >= 0.6 is 0 Å². The molecule has 1 aliphatic heterocycles. The van der Waals surface area contributed by atoms with Crippen LogP contribution in [-0.4, -0.2) is 24.5 Å². The average molecular weight is 232 g/mol. The molecule has 17 heavy (non-hydrogen) atoms. The average Bonchev–Trinajstić information content (AvgIpc) is 2.77. The van der Waals surface area contributed by atoms with E-state index in [1.807, 2.05) is 12.1 Å². The summed E-state index contributed by atoms with van der Waals surface area (Å²) in [6, 6.07) is 8.22. The summed E-state index contributed by atoms with van der Waals surface area (Å²) in [5, 5.41) is 0. The molecule has 0 saturated carbocycles. The Morgan fingerprint density at radius 3 is 2.76 bits per heavy atom. The molecule has 94 valence electrons. The first-order chi connectivity index (χ1) is 8.16. The normalized spacial score (nSPS) is 21.2. The van der Waals surface area contributed by atoms with Crippen LogP contribution < -0.4 is 5.73 Å². The van der Waals surface area contributed by atoms with Gasteiger partial charge in [0, 0.05) is 18.8 Å². The summed E-state index contributed by atoms with van der Waals surface area (Å²) < 4.78 is 0. The van der Waals surface area contributed by atoms with Crippen molar-refractivity contribution < 1.29 is 0 Å². The standard InChI is InChI=1S/C15H24N2/c1-12(2)14-8-10-17(11-14)9-7-13-5-3-4-6-15(13)16/h3-6,12,14H,7-11,16H2,1-2H3. The van der Waals surface area contributed by atoms with Gasteiger partial charge in [-0.05, 0) is 42.9 Å². The number of rotatable bonds is 4. The minimum Gasteiger partial charge on any atom is -0.399 e. The first-order valence-electron chi connectivity index (χ1n) is 6.72. The van der Waals surface area contributed by atoms with Gasteiger partial charge in [-0.3, -0.25) is 0 Å². The Labute approximate surface area is 105 Å².